The number of rotatable bonds is 7. The lowest BCUT2D eigenvalue weighted by Gasteiger charge is -2.17. The van der Waals surface area contributed by atoms with Crippen LogP contribution in [0.4, 0.5) is 14.5 Å². The first-order valence-corrected chi connectivity index (χ1v) is 9.15. The van der Waals surface area contributed by atoms with Crippen LogP contribution in [0.5, 0.6) is 0 Å². The fraction of sp³-hybridized carbons (Fsp3) is 0.211. The Bertz CT molecular complexity index is 921. The third-order valence-corrected chi connectivity index (χ3v) is 4.46. The monoisotopic (exact) mass is 443 g/mol. The summed E-state index contributed by atoms with van der Waals surface area (Å²) in [5.74, 6) is -3.50. The molecule has 0 atom stereocenters. The predicted octanol–water partition coefficient (Wildman–Crippen LogP) is 3.49. The SMILES string of the molecule is CN(CC(=O)Nc1c(Cl)cccc1Cl)C(=O)CCNC(=O)c1ccc(F)cc1F. The molecule has 2 aromatic rings. The lowest BCUT2D eigenvalue weighted by atomic mass is 10.2. The number of anilines is 1. The highest BCUT2D eigenvalue weighted by Gasteiger charge is 2.16. The standard InChI is InChI=1S/C19H17Cl2F2N3O3/c1-26(10-16(27)25-18-13(20)3-2-4-14(18)21)17(28)7-8-24-19(29)12-6-5-11(22)9-15(12)23/h2-6,9H,7-8,10H2,1H3,(H,24,29)(H,25,27). The van der Waals surface area contributed by atoms with Gasteiger partial charge >= 0.3 is 0 Å². The molecular formula is C19H17Cl2F2N3O3. The summed E-state index contributed by atoms with van der Waals surface area (Å²) in [4.78, 5) is 37.3. The van der Waals surface area contributed by atoms with Crippen molar-refractivity contribution in [2.45, 2.75) is 6.42 Å². The molecule has 2 N–H and O–H groups in total. The Kier molecular flexibility index (Phi) is 7.92. The number of amides is 3. The van der Waals surface area contributed by atoms with Gasteiger partial charge in [0, 0.05) is 26.1 Å². The number of carbonyl (C=O) groups excluding carboxylic acids is 3. The van der Waals surface area contributed by atoms with Gasteiger partial charge in [0.25, 0.3) is 5.91 Å². The Morgan fingerprint density at radius 1 is 1.07 bits per heavy atom. The quantitative estimate of drug-likeness (QED) is 0.687. The topological polar surface area (TPSA) is 78.5 Å². The Morgan fingerprint density at radius 3 is 2.34 bits per heavy atom. The van der Waals surface area contributed by atoms with E-state index in [0.717, 1.165) is 17.0 Å². The summed E-state index contributed by atoms with van der Waals surface area (Å²) in [6.07, 6.45) is -0.120. The normalized spacial score (nSPS) is 10.4. The minimum absolute atomic E-state index is 0.0865. The summed E-state index contributed by atoms with van der Waals surface area (Å²) in [5, 5.41) is 5.42. The smallest absolute Gasteiger partial charge is 0.254 e. The van der Waals surface area contributed by atoms with E-state index in [9.17, 15) is 23.2 Å². The number of hydrogen-bond donors (Lipinski definition) is 2. The number of carbonyl (C=O) groups is 3. The fourth-order valence-electron chi connectivity index (χ4n) is 2.34. The number of para-hydroxylation sites is 1. The number of likely N-dealkylation sites (N-methyl/N-ethyl adjacent to an activating group) is 1. The van der Waals surface area contributed by atoms with Crippen LogP contribution in [-0.4, -0.2) is 42.8 Å². The van der Waals surface area contributed by atoms with Crippen LogP contribution in [0.25, 0.3) is 0 Å². The van der Waals surface area contributed by atoms with Crippen LogP contribution in [0.2, 0.25) is 10.0 Å². The maximum absolute atomic E-state index is 13.6. The van der Waals surface area contributed by atoms with Crippen molar-refractivity contribution in [3.63, 3.8) is 0 Å². The fourth-order valence-corrected chi connectivity index (χ4v) is 2.83. The van der Waals surface area contributed by atoms with Crippen LogP contribution in [0.3, 0.4) is 0 Å². The minimum Gasteiger partial charge on any atom is -0.351 e. The Balaban J connectivity index is 1.81. The van der Waals surface area contributed by atoms with Crippen molar-refractivity contribution in [1.82, 2.24) is 10.2 Å². The highest BCUT2D eigenvalue weighted by Crippen LogP contribution is 2.29. The molecule has 0 bridgehead atoms. The average Bonchev–Trinajstić information content (AvgIpc) is 2.64. The Labute approximate surface area is 175 Å². The van der Waals surface area contributed by atoms with Gasteiger partial charge in [-0.1, -0.05) is 29.3 Å². The van der Waals surface area contributed by atoms with Crippen LogP contribution in [0, 0.1) is 11.6 Å². The summed E-state index contributed by atoms with van der Waals surface area (Å²) in [7, 11) is 1.41. The molecule has 0 spiro atoms. The number of nitrogens with one attached hydrogen (secondary N) is 2. The van der Waals surface area contributed by atoms with Gasteiger partial charge in [0.05, 0.1) is 27.8 Å². The highest BCUT2D eigenvalue weighted by molar-refractivity contribution is 6.39. The molecule has 0 aliphatic heterocycles. The van der Waals surface area contributed by atoms with E-state index in [1.54, 1.807) is 18.2 Å². The number of nitrogens with zero attached hydrogens (tertiary/aromatic N) is 1. The van der Waals surface area contributed by atoms with E-state index in [0.29, 0.717) is 6.07 Å². The molecule has 2 rings (SSSR count). The van der Waals surface area contributed by atoms with E-state index in [-0.39, 0.29) is 40.8 Å². The summed E-state index contributed by atoms with van der Waals surface area (Å²) >= 11 is 11.9. The second kappa shape index (κ2) is 10.2. The van der Waals surface area contributed by atoms with Gasteiger partial charge < -0.3 is 15.5 Å². The van der Waals surface area contributed by atoms with Crippen molar-refractivity contribution in [1.29, 1.82) is 0 Å². The first kappa shape index (κ1) is 22.6. The van der Waals surface area contributed by atoms with Crippen molar-refractivity contribution in [3.8, 4) is 0 Å². The van der Waals surface area contributed by atoms with Gasteiger partial charge in [0.2, 0.25) is 11.8 Å². The van der Waals surface area contributed by atoms with Crippen molar-refractivity contribution in [3.05, 3.63) is 63.6 Å². The van der Waals surface area contributed by atoms with E-state index in [2.05, 4.69) is 10.6 Å². The van der Waals surface area contributed by atoms with E-state index >= 15 is 0 Å². The van der Waals surface area contributed by atoms with Crippen LogP contribution >= 0.6 is 23.2 Å². The highest BCUT2D eigenvalue weighted by atomic mass is 35.5. The maximum Gasteiger partial charge on any atom is 0.254 e. The van der Waals surface area contributed by atoms with Gasteiger partial charge in [-0.15, -0.1) is 0 Å². The lowest BCUT2D eigenvalue weighted by molar-refractivity contribution is -0.133. The Morgan fingerprint density at radius 2 is 1.72 bits per heavy atom. The molecule has 0 aromatic heterocycles. The molecular weight excluding hydrogens is 427 g/mol. The van der Waals surface area contributed by atoms with E-state index in [1.165, 1.54) is 7.05 Å². The van der Waals surface area contributed by atoms with Crippen molar-refractivity contribution in [2.24, 2.45) is 0 Å². The zero-order chi connectivity index (χ0) is 21.6. The van der Waals surface area contributed by atoms with Crippen LogP contribution in [-0.2, 0) is 9.59 Å². The molecule has 0 aliphatic rings. The third-order valence-electron chi connectivity index (χ3n) is 3.83. The molecule has 2 aromatic carbocycles. The average molecular weight is 444 g/mol. The second-order valence-electron chi connectivity index (χ2n) is 6.02. The van der Waals surface area contributed by atoms with Gasteiger partial charge in [0.15, 0.2) is 0 Å². The largest absolute Gasteiger partial charge is 0.351 e. The van der Waals surface area contributed by atoms with E-state index in [4.69, 9.17) is 23.2 Å². The van der Waals surface area contributed by atoms with E-state index in [1.807, 2.05) is 0 Å². The molecule has 0 saturated carbocycles. The van der Waals surface area contributed by atoms with Gasteiger partial charge in [-0.25, -0.2) is 8.78 Å². The summed E-state index contributed by atoms with van der Waals surface area (Å²) < 4.78 is 26.4. The number of halogens is 4. The third kappa shape index (κ3) is 6.40. The Hall–Kier alpha value is -2.71. The molecule has 0 unspecified atom stereocenters. The van der Waals surface area contributed by atoms with E-state index < -0.39 is 29.4 Å². The van der Waals surface area contributed by atoms with Crippen molar-refractivity contribution < 1.29 is 23.2 Å². The molecule has 0 saturated heterocycles. The predicted molar refractivity (Wildman–Crippen MR) is 106 cm³/mol. The van der Waals surface area contributed by atoms with Gasteiger partial charge in [-0.3, -0.25) is 14.4 Å². The van der Waals surface area contributed by atoms with Crippen LogP contribution < -0.4 is 10.6 Å². The molecule has 0 radical (unpaired) electrons. The minimum atomic E-state index is -0.999. The maximum atomic E-state index is 13.6. The summed E-state index contributed by atoms with van der Waals surface area (Å²) in [5.41, 5.74) is -0.0848. The van der Waals surface area contributed by atoms with Crippen LogP contribution in [0.15, 0.2) is 36.4 Å². The molecule has 0 heterocycles. The molecule has 0 fully saturated rings. The summed E-state index contributed by atoms with van der Waals surface area (Å²) in [6.45, 7) is -0.349. The molecule has 29 heavy (non-hydrogen) atoms. The zero-order valence-corrected chi connectivity index (χ0v) is 16.8. The van der Waals surface area contributed by atoms with Crippen molar-refractivity contribution >= 4 is 46.6 Å². The molecule has 10 heteroatoms. The van der Waals surface area contributed by atoms with Gasteiger partial charge in [-0.2, -0.15) is 0 Å². The van der Waals surface area contributed by atoms with Gasteiger partial charge in [-0.05, 0) is 24.3 Å². The summed E-state index contributed by atoms with van der Waals surface area (Å²) in [6, 6.07) is 7.31. The first-order valence-electron chi connectivity index (χ1n) is 8.40. The molecule has 3 amide bonds. The molecule has 154 valence electrons. The first-order chi connectivity index (χ1) is 13.7. The molecule has 6 nitrogen and oxygen atoms in total. The zero-order valence-electron chi connectivity index (χ0n) is 15.3. The molecule has 0 aliphatic carbocycles. The van der Waals surface area contributed by atoms with Gasteiger partial charge in [0.1, 0.15) is 11.6 Å². The van der Waals surface area contributed by atoms with Crippen LogP contribution in [0.1, 0.15) is 16.8 Å². The second-order valence-corrected chi connectivity index (χ2v) is 6.84. The number of hydrogen-bond acceptors (Lipinski definition) is 3. The van der Waals surface area contributed by atoms with Crippen molar-refractivity contribution in [2.75, 3.05) is 25.5 Å². The number of benzene rings is 2. The lowest BCUT2D eigenvalue weighted by Crippen LogP contribution is -2.37.